The number of rotatable bonds is 11. The lowest BCUT2D eigenvalue weighted by atomic mass is 9.53. The Morgan fingerprint density at radius 1 is 1.07 bits per heavy atom. The van der Waals surface area contributed by atoms with E-state index in [1.54, 1.807) is 0 Å². The predicted molar refractivity (Wildman–Crippen MR) is 193 cm³/mol. The highest BCUT2D eigenvalue weighted by Crippen LogP contribution is 2.51. The van der Waals surface area contributed by atoms with Crippen LogP contribution < -0.4 is 22.1 Å². The molecule has 0 radical (unpaired) electrons. The van der Waals surface area contributed by atoms with Gasteiger partial charge in [-0.2, -0.15) is 0 Å². The molecule has 0 bridgehead atoms. The number of amides is 2. The summed E-state index contributed by atoms with van der Waals surface area (Å²) in [5, 5.41) is 63.7. The molecule has 6 rings (SSSR count). The van der Waals surface area contributed by atoms with Crippen molar-refractivity contribution in [2.75, 3.05) is 40.4 Å². The topological polar surface area (TPSA) is 289 Å². The van der Waals surface area contributed by atoms with Crippen LogP contribution in [0.4, 0.5) is 0 Å². The second kappa shape index (κ2) is 16.9. The van der Waals surface area contributed by atoms with Crippen LogP contribution in [0.1, 0.15) is 45.4 Å². The highest BCUT2D eigenvalue weighted by atomic mass is 16.7. The standard InChI is InChI=1S/C37H58N6O12/c1-16-8-20-29(31(48)22(16)13-42-36(39)40-2)32(49)28-21(30(20)47)10-19(53-3)11-23(28)54-35-33(50)34(51)37(52,24(15-44)55-35)12-18(17-6-7-41-25(38)9-17)14-43-26(45)4-5-27(43)46/h4-5,16-25,28-29,31,33-35,41,44,48,50-52H,6-15,38H2,1-3H3,(H3,39,40,42). The maximum absolute atomic E-state index is 14.5. The first-order chi connectivity index (χ1) is 26.1. The van der Waals surface area contributed by atoms with Gasteiger partial charge in [-0.15, -0.1) is 0 Å². The van der Waals surface area contributed by atoms with E-state index in [4.69, 9.17) is 25.7 Å². The maximum atomic E-state index is 14.5. The van der Waals surface area contributed by atoms with Crippen LogP contribution >= 0.6 is 0 Å². The van der Waals surface area contributed by atoms with E-state index in [0.29, 0.717) is 25.8 Å². The smallest absolute Gasteiger partial charge is 0.253 e. The third-order valence-electron chi connectivity index (χ3n) is 13.4. The van der Waals surface area contributed by atoms with Gasteiger partial charge in [0.15, 0.2) is 12.2 Å². The third kappa shape index (κ3) is 8.00. The minimum Gasteiger partial charge on any atom is -0.394 e. The number of carbonyl (C=O) groups is 4. The van der Waals surface area contributed by atoms with Crippen LogP contribution in [0.5, 0.6) is 0 Å². The van der Waals surface area contributed by atoms with Gasteiger partial charge >= 0.3 is 0 Å². The van der Waals surface area contributed by atoms with Crippen molar-refractivity contribution in [3.63, 3.8) is 0 Å². The zero-order valence-electron chi connectivity index (χ0n) is 31.6. The fraction of sp³-hybridized carbons (Fsp3) is 0.811. The number of aliphatic hydroxyl groups is 5. The summed E-state index contributed by atoms with van der Waals surface area (Å²) in [6.45, 7) is 1.79. The molecule has 17 unspecified atom stereocenters. The van der Waals surface area contributed by atoms with Crippen LogP contribution in [-0.4, -0.2) is 155 Å². The average molecular weight is 779 g/mol. The molecule has 17 atom stereocenters. The summed E-state index contributed by atoms with van der Waals surface area (Å²) >= 11 is 0. The van der Waals surface area contributed by atoms with Crippen molar-refractivity contribution >= 4 is 29.3 Å². The highest BCUT2D eigenvalue weighted by Gasteiger charge is 2.62. The molecule has 2 saturated heterocycles. The maximum Gasteiger partial charge on any atom is 0.253 e. The molecule has 18 nitrogen and oxygen atoms in total. The Bertz CT molecular complexity index is 1490. The summed E-state index contributed by atoms with van der Waals surface area (Å²) in [5.74, 6) is -6.27. The third-order valence-corrected chi connectivity index (χ3v) is 13.4. The van der Waals surface area contributed by atoms with E-state index in [1.165, 1.54) is 14.2 Å². The van der Waals surface area contributed by atoms with Crippen molar-refractivity contribution in [1.29, 1.82) is 0 Å². The molecule has 3 aliphatic carbocycles. The summed E-state index contributed by atoms with van der Waals surface area (Å²) in [5.41, 5.74) is 9.75. The first-order valence-corrected chi connectivity index (χ1v) is 19.4. The van der Waals surface area contributed by atoms with E-state index in [2.05, 4.69) is 15.6 Å². The van der Waals surface area contributed by atoms with Gasteiger partial charge in [0.05, 0.1) is 42.9 Å². The zero-order valence-corrected chi connectivity index (χ0v) is 31.6. The Morgan fingerprint density at radius 2 is 1.76 bits per heavy atom. The van der Waals surface area contributed by atoms with Gasteiger partial charge in [-0.25, -0.2) is 0 Å². The van der Waals surface area contributed by atoms with Crippen LogP contribution in [0.3, 0.4) is 0 Å². The Morgan fingerprint density at radius 3 is 2.40 bits per heavy atom. The van der Waals surface area contributed by atoms with Crippen LogP contribution in [0, 0.1) is 47.3 Å². The van der Waals surface area contributed by atoms with Crippen LogP contribution in [0.2, 0.25) is 0 Å². The number of carbonyl (C=O) groups excluding carboxylic acids is 4. The molecule has 55 heavy (non-hydrogen) atoms. The van der Waals surface area contributed by atoms with Gasteiger partial charge in [-0.05, 0) is 56.4 Å². The van der Waals surface area contributed by atoms with Gasteiger partial charge in [-0.1, -0.05) is 6.92 Å². The first-order valence-electron chi connectivity index (χ1n) is 19.4. The van der Waals surface area contributed by atoms with E-state index in [-0.39, 0.29) is 61.7 Å². The number of methoxy groups -OCH3 is 1. The number of hydrogen-bond acceptors (Lipinski definition) is 15. The van der Waals surface area contributed by atoms with Crippen LogP contribution in [-0.2, 0) is 33.4 Å². The van der Waals surface area contributed by atoms with Gasteiger partial charge in [0.2, 0.25) is 0 Å². The number of piperidine rings is 1. The summed E-state index contributed by atoms with van der Waals surface area (Å²) < 4.78 is 18.0. The lowest BCUT2D eigenvalue weighted by molar-refractivity contribution is -0.348. The molecule has 2 amide bonds. The minimum atomic E-state index is -2.28. The molecular weight excluding hydrogens is 720 g/mol. The molecule has 0 aromatic carbocycles. The summed E-state index contributed by atoms with van der Waals surface area (Å²) in [6, 6.07) is 0. The van der Waals surface area contributed by atoms with E-state index < -0.39 is 109 Å². The summed E-state index contributed by atoms with van der Waals surface area (Å²) in [7, 11) is 3.01. The van der Waals surface area contributed by atoms with E-state index in [1.807, 2.05) is 6.92 Å². The zero-order chi connectivity index (χ0) is 39.9. The molecule has 308 valence electrons. The normalized spacial score (nSPS) is 44.3. The van der Waals surface area contributed by atoms with Gasteiger partial charge in [0, 0.05) is 63.6 Å². The molecule has 0 aromatic heterocycles. The second-order valence-corrected chi connectivity index (χ2v) is 16.5. The molecular formula is C37H58N6O12. The lowest BCUT2D eigenvalue weighted by Crippen LogP contribution is -2.69. The lowest BCUT2D eigenvalue weighted by Gasteiger charge is -2.53. The number of nitrogens with zero attached hydrogens (tertiary/aromatic N) is 2. The van der Waals surface area contributed by atoms with E-state index >= 15 is 0 Å². The monoisotopic (exact) mass is 778 g/mol. The average Bonchev–Trinajstić information content (AvgIpc) is 3.48. The van der Waals surface area contributed by atoms with Gasteiger partial charge in [0.25, 0.3) is 11.8 Å². The quantitative estimate of drug-likeness (QED) is 0.0565. The Balaban J connectivity index is 1.23. The number of fused-ring (bicyclic) bond motifs is 2. The van der Waals surface area contributed by atoms with E-state index in [0.717, 1.165) is 17.1 Å². The summed E-state index contributed by atoms with van der Waals surface area (Å²) in [4.78, 5) is 58.7. The molecule has 0 aromatic rings. The number of hydrogen-bond donors (Lipinski definition) is 9. The SMILES string of the molecule is CN=C(N)NCC1C(C)CC2C(=O)C3CC(OC)CC(OC4OC(CO)C(O)(CC(CN5C(=O)C=CC5=O)C5CCNC(N)C5)C(O)C4O)C3C(=O)C2C1O. The number of Topliss-reactive ketones (excluding diaryl/α,β-unsaturated/α-hetero) is 2. The number of aliphatic hydroxyl groups excluding tert-OH is 4. The number of imide groups is 1. The van der Waals surface area contributed by atoms with Crippen molar-refractivity contribution in [3.05, 3.63) is 12.2 Å². The molecule has 18 heteroatoms. The Hall–Kier alpha value is -2.91. The fourth-order valence-electron chi connectivity index (χ4n) is 10.3. The molecule has 5 fully saturated rings. The Kier molecular flexibility index (Phi) is 12.8. The molecule has 0 spiro atoms. The van der Waals surface area contributed by atoms with Crippen molar-refractivity contribution in [2.45, 2.75) is 100 Å². The largest absolute Gasteiger partial charge is 0.394 e. The number of guanidine groups is 1. The molecule has 3 saturated carbocycles. The second-order valence-electron chi connectivity index (χ2n) is 16.5. The number of ether oxygens (including phenoxy) is 3. The predicted octanol–water partition coefficient (Wildman–Crippen LogP) is -3.27. The fourth-order valence-corrected chi connectivity index (χ4v) is 10.3. The summed E-state index contributed by atoms with van der Waals surface area (Å²) in [6.07, 6.45) is -6.34. The number of ketones is 2. The highest BCUT2D eigenvalue weighted by molar-refractivity contribution is 6.12. The van der Waals surface area contributed by atoms with Crippen LogP contribution in [0.25, 0.3) is 0 Å². The van der Waals surface area contributed by atoms with Crippen LogP contribution in [0.15, 0.2) is 17.1 Å². The van der Waals surface area contributed by atoms with Gasteiger partial charge in [-0.3, -0.25) is 29.1 Å². The molecule has 3 aliphatic heterocycles. The molecule has 6 aliphatic rings. The molecule has 11 N–H and O–H groups in total. The molecule has 3 heterocycles. The van der Waals surface area contributed by atoms with Gasteiger partial charge in [0.1, 0.15) is 35.5 Å². The van der Waals surface area contributed by atoms with Crippen molar-refractivity contribution < 1.29 is 58.9 Å². The number of aliphatic imine (C=N–C) groups is 1. The van der Waals surface area contributed by atoms with Gasteiger partial charge < -0.3 is 61.8 Å². The minimum absolute atomic E-state index is 0.103. The van der Waals surface area contributed by atoms with E-state index in [9.17, 15) is 44.7 Å². The number of nitrogens with one attached hydrogen (secondary N) is 2. The first kappa shape index (κ1) is 41.7. The van der Waals surface area contributed by atoms with Crippen molar-refractivity contribution in [2.24, 2.45) is 63.8 Å². The number of nitrogens with two attached hydrogens (primary N) is 2. The Labute approximate surface area is 320 Å². The van der Waals surface area contributed by atoms with Crippen molar-refractivity contribution in [1.82, 2.24) is 15.5 Å². The van der Waals surface area contributed by atoms with Crippen molar-refractivity contribution in [3.8, 4) is 0 Å².